The second-order valence-electron chi connectivity index (χ2n) is 4.69. The van der Waals surface area contributed by atoms with Crippen molar-refractivity contribution in [2.45, 2.75) is 46.7 Å². The lowest BCUT2D eigenvalue weighted by Crippen LogP contribution is -2.11. The fourth-order valence-electron chi connectivity index (χ4n) is 1.42. The van der Waals surface area contributed by atoms with Crippen LogP contribution in [0.5, 0.6) is 0 Å². The number of hydrogen-bond acceptors (Lipinski definition) is 1. The number of nitrogens with zero attached hydrogens (tertiary/aromatic N) is 1. The largest absolute Gasteiger partial charge is 0.412 e. The van der Waals surface area contributed by atoms with Crippen LogP contribution in [0.3, 0.4) is 0 Å². The molecule has 0 aliphatic rings. The first-order valence-electron chi connectivity index (χ1n) is 6.51. The molecule has 0 aliphatic heterocycles. The molecule has 112 valence electrons. The molecule has 0 aromatic rings. The molecule has 0 aromatic carbocycles. The maximum absolute atomic E-state index is 12.8. The summed E-state index contributed by atoms with van der Waals surface area (Å²) in [5, 5.41) is 0. The number of halogens is 3. The summed E-state index contributed by atoms with van der Waals surface area (Å²) in [5.74, 6) is 0. The second-order valence-corrected chi connectivity index (χ2v) is 4.69. The topological polar surface area (TPSA) is 12.4 Å². The normalized spacial score (nSPS) is 14.2. The number of allylic oxidation sites excluding steroid dienone is 6. The Labute approximate surface area is 119 Å². The zero-order valence-corrected chi connectivity index (χ0v) is 12.5. The molecule has 0 saturated carbocycles. The zero-order valence-electron chi connectivity index (χ0n) is 12.5. The maximum Gasteiger partial charge on any atom is 0.412 e. The van der Waals surface area contributed by atoms with Gasteiger partial charge in [0.15, 0.2) is 0 Å². The van der Waals surface area contributed by atoms with E-state index in [9.17, 15) is 13.2 Å². The van der Waals surface area contributed by atoms with Crippen molar-refractivity contribution in [2.75, 3.05) is 0 Å². The van der Waals surface area contributed by atoms with E-state index in [0.29, 0.717) is 17.7 Å². The molecule has 0 aliphatic carbocycles. The lowest BCUT2D eigenvalue weighted by molar-refractivity contribution is -0.0940. The van der Waals surface area contributed by atoms with Gasteiger partial charge in [-0.1, -0.05) is 43.7 Å². The summed E-state index contributed by atoms with van der Waals surface area (Å²) in [7, 11) is 0. The van der Waals surface area contributed by atoms with E-state index in [1.165, 1.54) is 12.2 Å². The van der Waals surface area contributed by atoms with Gasteiger partial charge in [-0.3, -0.25) is 4.99 Å². The van der Waals surface area contributed by atoms with Crippen LogP contribution < -0.4 is 0 Å². The summed E-state index contributed by atoms with van der Waals surface area (Å²) in [6.45, 7) is 10.9. The van der Waals surface area contributed by atoms with Crippen LogP contribution in [-0.4, -0.2) is 11.9 Å². The monoisotopic (exact) mass is 285 g/mol. The van der Waals surface area contributed by atoms with Crippen molar-refractivity contribution in [1.82, 2.24) is 0 Å². The highest BCUT2D eigenvalue weighted by molar-refractivity contribution is 6.01. The molecule has 20 heavy (non-hydrogen) atoms. The van der Waals surface area contributed by atoms with Crippen LogP contribution in [0.4, 0.5) is 13.2 Å². The molecular weight excluding hydrogens is 263 g/mol. The van der Waals surface area contributed by atoms with Crippen LogP contribution in [0.15, 0.2) is 52.7 Å². The van der Waals surface area contributed by atoms with Gasteiger partial charge in [0.25, 0.3) is 0 Å². The molecule has 0 aromatic heterocycles. The van der Waals surface area contributed by atoms with Crippen molar-refractivity contribution >= 4 is 5.71 Å². The average Bonchev–Trinajstić information content (AvgIpc) is 2.34. The van der Waals surface area contributed by atoms with Crippen molar-refractivity contribution in [3.8, 4) is 0 Å². The summed E-state index contributed by atoms with van der Waals surface area (Å²) in [4.78, 5) is 4.19. The van der Waals surface area contributed by atoms with Gasteiger partial charge in [-0.2, -0.15) is 13.2 Å². The van der Waals surface area contributed by atoms with Crippen molar-refractivity contribution < 1.29 is 13.2 Å². The van der Waals surface area contributed by atoms with Crippen LogP contribution >= 0.6 is 0 Å². The van der Waals surface area contributed by atoms with Gasteiger partial charge in [0.2, 0.25) is 0 Å². The van der Waals surface area contributed by atoms with Crippen LogP contribution in [-0.2, 0) is 0 Å². The predicted octanol–water partition coefficient (Wildman–Crippen LogP) is 5.77. The Balaban J connectivity index is 5.38. The van der Waals surface area contributed by atoms with Crippen molar-refractivity contribution in [3.63, 3.8) is 0 Å². The first-order valence-corrected chi connectivity index (χ1v) is 6.51. The van der Waals surface area contributed by atoms with Crippen molar-refractivity contribution in [2.24, 2.45) is 4.99 Å². The van der Waals surface area contributed by atoms with Crippen LogP contribution in [0, 0.1) is 0 Å². The fraction of sp³-hybridized carbons (Fsp3) is 0.438. The molecule has 0 atom stereocenters. The summed E-state index contributed by atoms with van der Waals surface area (Å²) in [6, 6.07) is 0. The number of aliphatic imine (C=N–C) groups is 1. The van der Waals surface area contributed by atoms with Gasteiger partial charge in [-0.05, 0) is 32.8 Å². The quantitative estimate of drug-likeness (QED) is 0.434. The van der Waals surface area contributed by atoms with E-state index in [-0.39, 0.29) is 6.42 Å². The van der Waals surface area contributed by atoms with Gasteiger partial charge >= 0.3 is 6.18 Å². The number of alkyl halides is 3. The van der Waals surface area contributed by atoms with Gasteiger partial charge in [0.05, 0.1) is 0 Å². The highest BCUT2D eigenvalue weighted by Gasteiger charge is 2.31. The third-order valence-corrected chi connectivity index (χ3v) is 2.50. The Hall–Kier alpha value is -1.58. The van der Waals surface area contributed by atoms with E-state index >= 15 is 0 Å². The minimum absolute atomic E-state index is 0.00852. The molecule has 0 N–H and O–H groups in total. The van der Waals surface area contributed by atoms with Crippen molar-refractivity contribution in [1.29, 1.82) is 0 Å². The molecule has 1 nitrogen and oxygen atoms in total. The van der Waals surface area contributed by atoms with Gasteiger partial charge in [-0.15, -0.1) is 0 Å². The smallest absolute Gasteiger partial charge is 0.261 e. The van der Waals surface area contributed by atoms with Crippen LogP contribution in [0.1, 0.15) is 40.5 Å². The van der Waals surface area contributed by atoms with E-state index in [0.717, 1.165) is 11.6 Å². The fourth-order valence-corrected chi connectivity index (χ4v) is 1.42. The second kappa shape index (κ2) is 8.56. The number of rotatable bonds is 6. The molecule has 0 amide bonds. The Bertz CT molecular complexity index is 445. The summed E-state index contributed by atoms with van der Waals surface area (Å²) in [5.41, 5.74) is 1.70. The van der Waals surface area contributed by atoms with E-state index in [1.54, 1.807) is 20.0 Å². The van der Waals surface area contributed by atoms with Crippen molar-refractivity contribution in [3.05, 3.63) is 47.7 Å². The average molecular weight is 285 g/mol. The molecular formula is C16H22F3N. The first kappa shape index (κ1) is 18.4. The Morgan fingerprint density at radius 1 is 1.15 bits per heavy atom. The Morgan fingerprint density at radius 3 is 2.15 bits per heavy atom. The summed E-state index contributed by atoms with van der Waals surface area (Å²) in [6.07, 6.45) is 1.89. The Morgan fingerprint density at radius 2 is 1.75 bits per heavy atom. The molecule has 0 heterocycles. The molecule has 0 fully saturated rings. The van der Waals surface area contributed by atoms with Crippen LogP contribution in [0.2, 0.25) is 0 Å². The lowest BCUT2D eigenvalue weighted by atomic mass is 10.1. The molecule has 0 spiro atoms. The third-order valence-electron chi connectivity index (χ3n) is 2.50. The molecule has 0 saturated heterocycles. The molecule has 4 heteroatoms. The van der Waals surface area contributed by atoms with E-state index in [2.05, 4.69) is 11.6 Å². The third kappa shape index (κ3) is 7.12. The van der Waals surface area contributed by atoms with Gasteiger partial charge in [0.1, 0.15) is 0 Å². The molecule has 0 unspecified atom stereocenters. The highest BCUT2D eigenvalue weighted by Crippen LogP contribution is 2.29. The summed E-state index contributed by atoms with van der Waals surface area (Å²) < 4.78 is 38.3. The maximum atomic E-state index is 12.8. The van der Waals surface area contributed by atoms with E-state index < -0.39 is 11.7 Å². The van der Waals surface area contributed by atoms with Gasteiger partial charge in [-0.25, -0.2) is 0 Å². The molecule has 0 radical (unpaired) electrons. The Kier molecular flexibility index (Phi) is 7.89. The molecule has 0 bridgehead atoms. The molecule has 0 rings (SSSR count). The minimum Gasteiger partial charge on any atom is -0.261 e. The lowest BCUT2D eigenvalue weighted by Gasteiger charge is -2.10. The van der Waals surface area contributed by atoms with Crippen LogP contribution in [0.25, 0.3) is 0 Å². The van der Waals surface area contributed by atoms with E-state index in [1.807, 2.05) is 13.8 Å². The van der Waals surface area contributed by atoms with Gasteiger partial charge in [0, 0.05) is 17.5 Å². The SMILES string of the molecule is C=CC(=C\C=C(/CCC)C(F)(F)F)/C(C)=N/C=C(C)C. The predicted molar refractivity (Wildman–Crippen MR) is 79.9 cm³/mol. The number of hydrogen-bond donors (Lipinski definition) is 0. The first-order chi connectivity index (χ1) is 9.22. The van der Waals surface area contributed by atoms with E-state index in [4.69, 9.17) is 0 Å². The zero-order chi connectivity index (χ0) is 15.8. The minimum atomic E-state index is -4.29. The van der Waals surface area contributed by atoms with Gasteiger partial charge < -0.3 is 0 Å². The standard InChI is InChI=1S/C16H22F3N/c1-6-8-15(16(17,18)19)10-9-14(7-2)13(5)20-11-12(3)4/h7,9-11H,2,6,8H2,1,3-5H3/b14-9+,15-10+,20-13+. The highest BCUT2D eigenvalue weighted by atomic mass is 19.4. The summed E-state index contributed by atoms with van der Waals surface area (Å²) >= 11 is 0.